The minimum atomic E-state index is -0.0556. The van der Waals surface area contributed by atoms with Crippen LogP contribution >= 0.6 is 0 Å². The Labute approximate surface area is 131 Å². The van der Waals surface area contributed by atoms with E-state index in [4.69, 9.17) is 0 Å². The normalized spacial score (nSPS) is 16.9. The molecule has 1 aromatic carbocycles. The van der Waals surface area contributed by atoms with Crippen molar-refractivity contribution < 1.29 is 4.79 Å². The van der Waals surface area contributed by atoms with Gasteiger partial charge in [0.15, 0.2) is 0 Å². The molecule has 1 aromatic heterocycles. The highest BCUT2D eigenvalue weighted by atomic mass is 16.2. The van der Waals surface area contributed by atoms with E-state index in [9.17, 15) is 4.79 Å². The molecule has 1 fully saturated rings. The summed E-state index contributed by atoms with van der Waals surface area (Å²) in [5.41, 5.74) is 5.85. The van der Waals surface area contributed by atoms with Gasteiger partial charge in [-0.15, -0.1) is 0 Å². The molecule has 0 spiro atoms. The molecular weight excluding hydrogens is 274 g/mol. The molecule has 1 heterocycles. The molecule has 0 unspecified atom stereocenters. The zero-order valence-electron chi connectivity index (χ0n) is 13.1. The van der Waals surface area contributed by atoms with Gasteiger partial charge in [0.1, 0.15) is 0 Å². The molecule has 3 rings (SSSR count). The van der Waals surface area contributed by atoms with E-state index in [1.165, 1.54) is 32.1 Å². The molecule has 4 heteroatoms. The largest absolute Gasteiger partial charge is 0.361 e. The Morgan fingerprint density at radius 2 is 2.05 bits per heavy atom. The Morgan fingerprint density at radius 3 is 2.86 bits per heavy atom. The molecule has 2 aromatic rings. The standard InChI is InChI=1S/C18H23N3O/c1-13(14-7-3-2-4-8-14)20-21-18(22)11-15-12-19-17-10-6-5-9-16(15)17/h5-6,9-10,12,14,19H,2-4,7-8,11H2,1H3,(H,21,22)/b20-13+. The van der Waals surface area contributed by atoms with Crippen molar-refractivity contribution in [2.45, 2.75) is 45.4 Å². The van der Waals surface area contributed by atoms with Gasteiger partial charge in [0.05, 0.1) is 6.42 Å². The van der Waals surface area contributed by atoms with Crippen molar-refractivity contribution in [1.82, 2.24) is 10.4 Å². The summed E-state index contributed by atoms with van der Waals surface area (Å²) in [6.45, 7) is 2.03. The van der Waals surface area contributed by atoms with E-state index >= 15 is 0 Å². The lowest BCUT2D eigenvalue weighted by Crippen LogP contribution is -2.24. The summed E-state index contributed by atoms with van der Waals surface area (Å²) in [5.74, 6) is 0.488. The van der Waals surface area contributed by atoms with Crippen LogP contribution in [0.25, 0.3) is 10.9 Å². The smallest absolute Gasteiger partial charge is 0.244 e. The van der Waals surface area contributed by atoms with Gasteiger partial charge in [0.25, 0.3) is 0 Å². The van der Waals surface area contributed by atoms with E-state index in [-0.39, 0.29) is 5.91 Å². The van der Waals surface area contributed by atoms with Gasteiger partial charge in [-0.1, -0.05) is 37.5 Å². The summed E-state index contributed by atoms with van der Waals surface area (Å²) in [6.07, 6.45) is 8.55. The molecule has 0 aliphatic heterocycles. The van der Waals surface area contributed by atoms with Crippen LogP contribution in [-0.2, 0) is 11.2 Å². The monoisotopic (exact) mass is 297 g/mol. The summed E-state index contributed by atoms with van der Waals surface area (Å²) < 4.78 is 0. The van der Waals surface area contributed by atoms with Gasteiger partial charge in [-0.2, -0.15) is 5.10 Å². The molecule has 4 nitrogen and oxygen atoms in total. The van der Waals surface area contributed by atoms with Gasteiger partial charge in [-0.05, 0) is 37.3 Å². The summed E-state index contributed by atoms with van der Waals surface area (Å²) >= 11 is 0. The molecule has 0 saturated heterocycles. The average Bonchev–Trinajstić information content (AvgIpc) is 2.97. The van der Waals surface area contributed by atoms with Gasteiger partial charge in [0.2, 0.25) is 5.91 Å². The quantitative estimate of drug-likeness (QED) is 0.655. The third-order valence-corrected chi connectivity index (χ3v) is 4.58. The fourth-order valence-corrected chi connectivity index (χ4v) is 3.25. The van der Waals surface area contributed by atoms with E-state index in [1.54, 1.807) is 0 Å². The number of carbonyl (C=O) groups is 1. The van der Waals surface area contributed by atoms with Crippen LogP contribution in [0, 0.1) is 5.92 Å². The summed E-state index contributed by atoms with van der Waals surface area (Å²) in [6, 6.07) is 8.02. The highest BCUT2D eigenvalue weighted by molar-refractivity contribution is 5.90. The first-order chi connectivity index (χ1) is 10.7. The molecule has 1 aliphatic rings. The molecule has 116 valence electrons. The molecule has 1 amide bonds. The van der Waals surface area contributed by atoms with E-state index in [0.29, 0.717) is 12.3 Å². The number of hydrogen-bond donors (Lipinski definition) is 2. The van der Waals surface area contributed by atoms with E-state index in [1.807, 2.05) is 37.4 Å². The molecule has 1 aliphatic carbocycles. The lowest BCUT2D eigenvalue weighted by molar-refractivity contribution is -0.120. The Bertz CT molecular complexity index is 680. The van der Waals surface area contributed by atoms with Crippen molar-refractivity contribution in [3.63, 3.8) is 0 Å². The molecule has 0 bridgehead atoms. The van der Waals surface area contributed by atoms with E-state index in [2.05, 4.69) is 15.5 Å². The highest BCUT2D eigenvalue weighted by Crippen LogP contribution is 2.24. The van der Waals surface area contributed by atoms with Crippen molar-refractivity contribution in [3.05, 3.63) is 36.0 Å². The SMILES string of the molecule is C/C(=N\NC(=O)Cc1c[nH]c2ccccc12)C1CCCCC1. The summed E-state index contributed by atoms with van der Waals surface area (Å²) in [4.78, 5) is 15.3. The minimum absolute atomic E-state index is 0.0556. The molecule has 0 radical (unpaired) electrons. The fourth-order valence-electron chi connectivity index (χ4n) is 3.25. The number of aromatic nitrogens is 1. The number of aromatic amines is 1. The van der Waals surface area contributed by atoms with Crippen LogP contribution in [0.5, 0.6) is 0 Å². The Balaban J connectivity index is 1.60. The van der Waals surface area contributed by atoms with E-state index in [0.717, 1.165) is 22.2 Å². The Kier molecular flexibility index (Phi) is 4.56. The molecular formula is C18H23N3O. The number of nitrogens with one attached hydrogen (secondary N) is 2. The Morgan fingerprint density at radius 1 is 1.27 bits per heavy atom. The first-order valence-corrected chi connectivity index (χ1v) is 8.12. The number of hydrogen-bond acceptors (Lipinski definition) is 2. The third-order valence-electron chi connectivity index (χ3n) is 4.58. The van der Waals surface area contributed by atoms with Crippen molar-refractivity contribution in [3.8, 4) is 0 Å². The van der Waals surface area contributed by atoms with E-state index < -0.39 is 0 Å². The van der Waals surface area contributed by atoms with Crippen molar-refractivity contribution in [1.29, 1.82) is 0 Å². The number of benzene rings is 1. The number of nitrogens with zero attached hydrogens (tertiary/aromatic N) is 1. The second-order valence-corrected chi connectivity index (χ2v) is 6.16. The van der Waals surface area contributed by atoms with Crippen LogP contribution in [-0.4, -0.2) is 16.6 Å². The Hall–Kier alpha value is -2.10. The van der Waals surface area contributed by atoms with Gasteiger partial charge in [0, 0.05) is 22.8 Å². The number of fused-ring (bicyclic) bond motifs is 1. The third kappa shape index (κ3) is 3.38. The van der Waals surface area contributed by atoms with Gasteiger partial charge < -0.3 is 4.98 Å². The zero-order chi connectivity index (χ0) is 15.4. The number of amides is 1. The van der Waals surface area contributed by atoms with Crippen LogP contribution < -0.4 is 5.43 Å². The maximum absolute atomic E-state index is 12.1. The zero-order valence-corrected chi connectivity index (χ0v) is 13.1. The predicted octanol–water partition coefficient (Wildman–Crippen LogP) is 3.78. The van der Waals surface area contributed by atoms with Crippen LogP contribution in [0.1, 0.15) is 44.6 Å². The maximum Gasteiger partial charge on any atom is 0.244 e. The topological polar surface area (TPSA) is 57.2 Å². The van der Waals surface area contributed by atoms with Crippen molar-refractivity contribution in [2.75, 3.05) is 0 Å². The first-order valence-electron chi connectivity index (χ1n) is 8.12. The highest BCUT2D eigenvalue weighted by Gasteiger charge is 2.16. The number of hydrazone groups is 1. The van der Waals surface area contributed by atoms with Crippen LogP contribution in [0.15, 0.2) is 35.6 Å². The molecule has 1 saturated carbocycles. The number of H-pyrrole nitrogens is 1. The lowest BCUT2D eigenvalue weighted by atomic mass is 9.86. The lowest BCUT2D eigenvalue weighted by Gasteiger charge is -2.21. The average molecular weight is 297 g/mol. The number of carbonyl (C=O) groups excluding carboxylic acids is 1. The van der Waals surface area contributed by atoms with Gasteiger partial charge in [-0.25, -0.2) is 5.43 Å². The van der Waals surface area contributed by atoms with Crippen LogP contribution in [0.3, 0.4) is 0 Å². The van der Waals surface area contributed by atoms with Crippen molar-refractivity contribution in [2.24, 2.45) is 11.0 Å². The van der Waals surface area contributed by atoms with Gasteiger partial charge in [-0.3, -0.25) is 4.79 Å². The summed E-state index contributed by atoms with van der Waals surface area (Å²) in [7, 11) is 0. The van der Waals surface area contributed by atoms with Crippen LogP contribution in [0.2, 0.25) is 0 Å². The second kappa shape index (κ2) is 6.77. The molecule has 0 atom stereocenters. The number of rotatable bonds is 4. The summed E-state index contributed by atoms with van der Waals surface area (Å²) in [5, 5.41) is 5.42. The second-order valence-electron chi connectivity index (χ2n) is 6.16. The van der Waals surface area contributed by atoms with Gasteiger partial charge >= 0.3 is 0 Å². The first kappa shape index (κ1) is 14.8. The molecule has 2 N–H and O–H groups in total. The molecule has 22 heavy (non-hydrogen) atoms. The maximum atomic E-state index is 12.1. The van der Waals surface area contributed by atoms with Crippen LogP contribution in [0.4, 0.5) is 0 Å². The number of para-hydroxylation sites is 1. The predicted molar refractivity (Wildman–Crippen MR) is 89.8 cm³/mol. The van der Waals surface area contributed by atoms with Crippen molar-refractivity contribution >= 4 is 22.5 Å². The fraction of sp³-hybridized carbons (Fsp3) is 0.444. The minimum Gasteiger partial charge on any atom is -0.361 e.